The maximum absolute atomic E-state index is 11.1. The van der Waals surface area contributed by atoms with E-state index in [1.54, 1.807) is 14.0 Å². The van der Waals surface area contributed by atoms with Crippen LogP contribution in [0.25, 0.3) is 0 Å². The van der Waals surface area contributed by atoms with Gasteiger partial charge in [0.05, 0.1) is 6.10 Å². The van der Waals surface area contributed by atoms with E-state index in [2.05, 4.69) is 10.6 Å². The first kappa shape index (κ1) is 10.5. The molecule has 2 N–H and O–H groups in total. The molecule has 1 heterocycles. The van der Waals surface area contributed by atoms with Crippen molar-refractivity contribution < 1.29 is 9.53 Å². The molecule has 1 amide bonds. The number of hydrogen-bond donors (Lipinski definition) is 2. The average molecular weight is 186 g/mol. The van der Waals surface area contributed by atoms with Crippen LogP contribution in [0.1, 0.15) is 19.8 Å². The van der Waals surface area contributed by atoms with Gasteiger partial charge in [0.1, 0.15) is 6.10 Å². The largest absolute Gasteiger partial charge is 0.364 e. The Balaban J connectivity index is 2.25. The first-order chi connectivity index (χ1) is 6.24. The molecule has 0 aromatic heterocycles. The van der Waals surface area contributed by atoms with Crippen LogP contribution < -0.4 is 10.6 Å². The van der Waals surface area contributed by atoms with Gasteiger partial charge in [-0.15, -0.1) is 0 Å². The zero-order valence-electron chi connectivity index (χ0n) is 8.30. The molecule has 0 radical (unpaired) electrons. The van der Waals surface area contributed by atoms with Gasteiger partial charge in [0.15, 0.2) is 0 Å². The normalized spacial score (nSPS) is 25.2. The molecular formula is C9H18N2O2. The summed E-state index contributed by atoms with van der Waals surface area (Å²) in [6, 6.07) is 0. The van der Waals surface area contributed by atoms with Crippen molar-refractivity contribution in [2.24, 2.45) is 0 Å². The van der Waals surface area contributed by atoms with E-state index in [4.69, 9.17) is 4.74 Å². The van der Waals surface area contributed by atoms with Gasteiger partial charge in [-0.2, -0.15) is 0 Å². The van der Waals surface area contributed by atoms with Gasteiger partial charge in [-0.1, -0.05) is 0 Å². The molecule has 0 saturated carbocycles. The first-order valence-corrected chi connectivity index (χ1v) is 4.82. The standard InChI is InChI=1S/C9H18N2O2/c1-7(9(12)10-2)13-8-4-3-5-11-6-8/h7-8,11H,3-6H2,1-2H3,(H,10,12). The molecule has 2 unspecified atom stereocenters. The van der Waals surface area contributed by atoms with Crippen molar-refractivity contribution in [3.8, 4) is 0 Å². The second-order valence-corrected chi connectivity index (χ2v) is 3.36. The Hall–Kier alpha value is -0.610. The van der Waals surface area contributed by atoms with Crippen LogP contribution in [0.4, 0.5) is 0 Å². The molecule has 1 aliphatic rings. The molecule has 1 rings (SSSR count). The summed E-state index contributed by atoms with van der Waals surface area (Å²) in [6.45, 7) is 3.71. The van der Waals surface area contributed by atoms with E-state index >= 15 is 0 Å². The van der Waals surface area contributed by atoms with Crippen LogP contribution in [0, 0.1) is 0 Å². The predicted octanol–water partition coefficient (Wildman–Crippen LogP) is -0.111. The summed E-state index contributed by atoms with van der Waals surface area (Å²) < 4.78 is 5.57. The van der Waals surface area contributed by atoms with Crippen molar-refractivity contribution in [3.63, 3.8) is 0 Å². The lowest BCUT2D eigenvalue weighted by Gasteiger charge is -2.25. The van der Waals surface area contributed by atoms with E-state index in [9.17, 15) is 4.79 Å². The fourth-order valence-corrected chi connectivity index (χ4v) is 1.49. The van der Waals surface area contributed by atoms with Gasteiger partial charge >= 0.3 is 0 Å². The highest BCUT2D eigenvalue weighted by Gasteiger charge is 2.19. The van der Waals surface area contributed by atoms with Gasteiger partial charge in [0, 0.05) is 13.6 Å². The Labute approximate surface area is 79.0 Å². The van der Waals surface area contributed by atoms with Crippen molar-refractivity contribution in [1.29, 1.82) is 0 Å². The lowest BCUT2D eigenvalue weighted by Crippen LogP contribution is -2.41. The van der Waals surface area contributed by atoms with Crippen LogP contribution in [0.5, 0.6) is 0 Å². The zero-order chi connectivity index (χ0) is 9.68. The molecule has 13 heavy (non-hydrogen) atoms. The van der Waals surface area contributed by atoms with Crippen LogP contribution in [0.15, 0.2) is 0 Å². The minimum absolute atomic E-state index is 0.0504. The molecule has 4 heteroatoms. The molecule has 2 atom stereocenters. The minimum atomic E-state index is -0.338. The van der Waals surface area contributed by atoms with Crippen molar-refractivity contribution in [2.75, 3.05) is 20.1 Å². The number of ether oxygens (including phenoxy) is 1. The number of amides is 1. The smallest absolute Gasteiger partial charge is 0.248 e. The highest BCUT2D eigenvalue weighted by Crippen LogP contribution is 2.08. The SMILES string of the molecule is CNC(=O)C(C)OC1CCCNC1. The lowest BCUT2D eigenvalue weighted by molar-refractivity contribution is -0.135. The summed E-state index contributed by atoms with van der Waals surface area (Å²) in [7, 11) is 1.63. The minimum Gasteiger partial charge on any atom is -0.364 e. The van der Waals surface area contributed by atoms with Crippen LogP contribution in [0.3, 0.4) is 0 Å². The van der Waals surface area contributed by atoms with Crippen LogP contribution in [-0.4, -0.2) is 38.3 Å². The van der Waals surface area contributed by atoms with E-state index in [0.29, 0.717) is 0 Å². The molecule has 0 aliphatic carbocycles. The number of hydrogen-bond acceptors (Lipinski definition) is 3. The average Bonchev–Trinajstić information content (AvgIpc) is 2.18. The molecule has 1 fully saturated rings. The highest BCUT2D eigenvalue weighted by atomic mass is 16.5. The number of likely N-dealkylation sites (N-methyl/N-ethyl adjacent to an activating group) is 1. The molecular weight excluding hydrogens is 168 g/mol. The number of nitrogens with one attached hydrogen (secondary N) is 2. The summed E-state index contributed by atoms with van der Waals surface area (Å²) >= 11 is 0. The Bertz CT molecular complexity index is 167. The van der Waals surface area contributed by atoms with E-state index in [-0.39, 0.29) is 18.1 Å². The zero-order valence-corrected chi connectivity index (χ0v) is 8.30. The third-order valence-corrected chi connectivity index (χ3v) is 2.26. The van der Waals surface area contributed by atoms with Gasteiger partial charge < -0.3 is 15.4 Å². The number of rotatable bonds is 3. The molecule has 0 spiro atoms. The van der Waals surface area contributed by atoms with Gasteiger partial charge in [0.25, 0.3) is 0 Å². The molecule has 76 valence electrons. The van der Waals surface area contributed by atoms with Gasteiger partial charge in [-0.05, 0) is 26.3 Å². The highest BCUT2D eigenvalue weighted by molar-refractivity contribution is 5.79. The van der Waals surface area contributed by atoms with Crippen molar-refractivity contribution >= 4 is 5.91 Å². The number of carbonyl (C=O) groups excluding carboxylic acids is 1. The maximum atomic E-state index is 11.1. The fraction of sp³-hybridized carbons (Fsp3) is 0.889. The molecule has 4 nitrogen and oxygen atoms in total. The molecule has 1 saturated heterocycles. The van der Waals surface area contributed by atoms with Gasteiger partial charge in [0.2, 0.25) is 5.91 Å². The van der Waals surface area contributed by atoms with Crippen molar-refractivity contribution in [3.05, 3.63) is 0 Å². The van der Waals surface area contributed by atoms with Gasteiger partial charge in [-0.25, -0.2) is 0 Å². The number of piperidine rings is 1. The van der Waals surface area contributed by atoms with Gasteiger partial charge in [-0.3, -0.25) is 4.79 Å². The topological polar surface area (TPSA) is 50.4 Å². The molecule has 0 bridgehead atoms. The Morgan fingerprint density at radius 3 is 3.00 bits per heavy atom. The fourth-order valence-electron chi connectivity index (χ4n) is 1.49. The van der Waals surface area contributed by atoms with Crippen LogP contribution >= 0.6 is 0 Å². The Morgan fingerprint density at radius 2 is 2.46 bits per heavy atom. The molecule has 0 aromatic rings. The lowest BCUT2D eigenvalue weighted by atomic mass is 10.1. The van der Waals surface area contributed by atoms with Crippen LogP contribution in [0.2, 0.25) is 0 Å². The van der Waals surface area contributed by atoms with E-state index < -0.39 is 0 Å². The summed E-state index contributed by atoms with van der Waals surface area (Å²) in [5.74, 6) is -0.0504. The van der Waals surface area contributed by atoms with E-state index in [0.717, 1.165) is 25.9 Å². The monoisotopic (exact) mass is 186 g/mol. The summed E-state index contributed by atoms with van der Waals surface area (Å²) in [4.78, 5) is 11.1. The Morgan fingerprint density at radius 1 is 1.69 bits per heavy atom. The maximum Gasteiger partial charge on any atom is 0.248 e. The second-order valence-electron chi connectivity index (χ2n) is 3.36. The molecule has 1 aliphatic heterocycles. The quantitative estimate of drug-likeness (QED) is 0.646. The summed E-state index contributed by atoms with van der Waals surface area (Å²) in [6.07, 6.45) is 2.04. The Kier molecular flexibility index (Phi) is 4.18. The third-order valence-electron chi connectivity index (χ3n) is 2.26. The second kappa shape index (κ2) is 5.19. The third kappa shape index (κ3) is 3.32. The summed E-state index contributed by atoms with van der Waals surface area (Å²) in [5.41, 5.74) is 0. The van der Waals surface area contributed by atoms with E-state index in [1.165, 1.54) is 0 Å². The molecule has 0 aromatic carbocycles. The first-order valence-electron chi connectivity index (χ1n) is 4.82. The predicted molar refractivity (Wildman–Crippen MR) is 50.5 cm³/mol. The van der Waals surface area contributed by atoms with Crippen molar-refractivity contribution in [1.82, 2.24) is 10.6 Å². The van der Waals surface area contributed by atoms with Crippen molar-refractivity contribution in [2.45, 2.75) is 32.0 Å². The van der Waals surface area contributed by atoms with E-state index in [1.807, 2.05) is 0 Å². The summed E-state index contributed by atoms with van der Waals surface area (Å²) in [5, 5.41) is 5.81. The number of carbonyl (C=O) groups is 1. The van der Waals surface area contributed by atoms with Crippen LogP contribution in [-0.2, 0) is 9.53 Å².